The first-order valence-corrected chi connectivity index (χ1v) is 6.75. The van der Waals surface area contributed by atoms with Crippen molar-refractivity contribution in [3.05, 3.63) is 22.5 Å². The third-order valence-corrected chi connectivity index (χ3v) is 3.74. The maximum absolute atomic E-state index is 12.4. The molecule has 1 aliphatic rings. The molecule has 18 heavy (non-hydrogen) atoms. The van der Waals surface area contributed by atoms with E-state index in [2.05, 4.69) is 21.9 Å². The number of imidazole rings is 1. The average molecular weight is 246 g/mol. The third-order valence-electron chi connectivity index (χ3n) is 3.74. The van der Waals surface area contributed by atoms with E-state index in [4.69, 9.17) is 0 Å². The van der Waals surface area contributed by atoms with Gasteiger partial charge in [-0.15, -0.1) is 0 Å². The number of aromatic nitrogens is 4. The maximum Gasteiger partial charge on any atom is 0.279 e. The van der Waals surface area contributed by atoms with E-state index in [0.29, 0.717) is 17.1 Å². The molecular formula is C13H18N4O. The van der Waals surface area contributed by atoms with Crippen molar-refractivity contribution in [3.63, 3.8) is 0 Å². The Bertz CT molecular complexity index is 607. The van der Waals surface area contributed by atoms with E-state index in [1.165, 1.54) is 12.8 Å². The van der Waals surface area contributed by atoms with Crippen molar-refractivity contribution in [2.24, 2.45) is 0 Å². The summed E-state index contributed by atoms with van der Waals surface area (Å²) in [6, 6.07) is 0. The Morgan fingerprint density at radius 1 is 1.44 bits per heavy atom. The van der Waals surface area contributed by atoms with Crippen molar-refractivity contribution in [1.82, 2.24) is 19.5 Å². The molecule has 1 N–H and O–H groups in total. The van der Waals surface area contributed by atoms with Crippen LogP contribution in [0.4, 0.5) is 0 Å². The summed E-state index contributed by atoms with van der Waals surface area (Å²) in [5, 5.41) is 0. The number of H-pyrrole nitrogens is 1. The lowest BCUT2D eigenvalue weighted by Gasteiger charge is -2.15. The van der Waals surface area contributed by atoms with Crippen molar-refractivity contribution < 1.29 is 0 Å². The first-order chi connectivity index (χ1) is 8.81. The Labute approximate surface area is 105 Å². The topological polar surface area (TPSA) is 63.6 Å². The van der Waals surface area contributed by atoms with Crippen LogP contribution in [0, 0.1) is 0 Å². The average Bonchev–Trinajstić information content (AvgIpc) is 3.02. The number of nitrogens with zero attached hydrogens (tertiary/aromatic N) is 3. The zero-order valence-electron chi connectivity index (χ0n) is 10.6. The molecule has 0 aromatic carbocycles. The highest BCUT2D eigenvalue weighted by Crippen LogP contribution is 2.32. The fourth-order valence-corrected chi connectivity index (χ4v) is 2.87. The van der Waals surface area contributed by atoms with Gasteiger partial charge in [0, 0.05) is 12.5 Å². The zero-order valence-corrected chi connectivity index (χ0v) is 10.6. The predicted molar refractivity (Wildman–Crippen MR) is 69.6 cm³/mol. The molecule has 0 unspecified atom stereocenters. The monoisotopic (exact) mass is 246 g/mol. The number of hydrogen-bond donors (Lipinski definition) is 1. The first-order valence-electron chi connectivity index (χ1n) is 6.75. The molecular weight excluding hydrogens is 228 g/mol. The second kappa shape index (κ2) is 4.55. The molecule has 1 saturated carbocycles. The van der Waals surface area contributed by atoms with E-state index in [9.17, 15) is 4.79 Å². The molecule has 0 bridgehead atoms. The Morgan fingerprint density at radius 3 is 2.94 bits per heavy atom. The van der Waals surface area contributed by atoms with Crippen LogP contribution in [0.1, 0.15) is 50.8 Å². The van der Waals surface area contributed by atoms with Crippen molar-refractivity contribution in [1.29, 1.82) is 0 Å². The second-order valence-electron chi connectivity index (χ2n) is 5.01. The Morgan fingerprint density at radius 2 is 2.22 bits per heavy atom. The molecule has 2 aromatic heterocycles. The smallest absolute Gasteiger partial charge is 0.279 e. The Kier molecular flexibility index (Phi) is 2.89. The molecule has 3 rings (SSSR count). The third kappa shape index (κ3) is 1.74. The maximum atomic E-state index is 12.4. The quantitative estimate of drug-likeness (QED) is 0.902. The Balaban J connectivity index is 2.20. The number of rotatable bonds is 3. The van der Waals surface area contributed by atoms with E-state index in [1.54, 1.807) is 6.33 Å². The van der Waals surface area contributed by atoms with Crippen molar-refractivity contribution >= 4 is 11.2 Å². The molecule has 0 radical (unpaired) electrons. The van der Waals surface area contributed by atoms with Gasteiger partial charge >= 0.3 is 0 Å². The number of nitrogens with one attached hydrogen (secondary N) is 1. The molecule has 1 aliphatic carbocycles. The molecule has 0 saturated heterocycles. The van der Waals surface area contributed by atoms with Gasteiger partial charge < -0.3 is 4.98 Å². The van der Waals surface area contributed by atoms with Gasteiger partial charge in [0.2, 0.25) is 0 Å². The first kappa shape index (κ1) is 11.4. The van der Waals surface area contributed by atoms with Gasteiger partial charge in [0.15, 0.2) is 11.2 Å². The predicted octanol–water partition coefficient (Wildman–Crippen LogP) is 2.19. The van der Waals surface area contributed by atoms with Crippen LogP contribution in [-0.2, 0) is 6.54 Å². The normalized spacial score (nSPS) is 16.7. The molecule has 0 amide bonds. The summed E-state index contributed by atoms with van der Waals surface area (Å²) < 4.78 is 1.84. The van der Waals surface area contributed by atoms with Crippen LogP contribution in [0.3, 0.4) is 0 Å². The highest BCUT2D eigenvalue weighted by Gasteiger charge is 2.23. The van der Waals surface area contributed by atoms with Crippen molar-refractivity contribution in [3.8, 4) is 0 Å². The van der Waals surface area contributed by atoms with Gasteiger partial charge in [0.25, 0.3) is 5.56 Å². The standard InChI is InChI=1S/C13H18N4O/c1-2-7-17-12(9-5-3-4-6-9)16-11-10(13(17)18)14-8-15-11/h8-9H,2-7H2,1H3,(H,14,15). The van der Waals surface area contributed by atoms with Gasteiger partial charge in [-0.1, -0.05) is 19.8 Å². The number of aromatic amines is 1. The lowest BCUT2D eigenvalue weighted by molar-refractivity contribution is 0.548. The van der Waals surface area contributed by atoms with Crippen LogP contribution in [0.5, 0.6) is 0 Å². The van der Waals surface area contributed by atoms with E-state index < -0.39 is 0 Å². The van der Waals surface area contributed by atoms with Crippen molar-refractivity contribution in [2.75, 3.05) is 0 Å². The molecule has 1 fully saturated rings. The van der Waals surface area contributed by atoms with E-state index >= 15 is 0 Å². The number of hydrogen-bond acceptors (Lipinski definition) is 3. The van der Waals surface area contributed by atoms with Gasteiger partial charge in [-0.2, -0.15) is 0 Å². The van der Waals surface area contributed by atoms with Gasteiger partial charge in [-0.05, 0) is 19.3 Å². The van der Waals surface area contributed by atoms with Gasteiger partial charge in [0.05, 0.1) is 6.33 Å². The molecule has 2 aromatic rings. The molecule has 0 aliphatic heterocycles. The summed E-state index contributed by atoms with van der Waals surface area (Å²) in [4.78, 5) is 24.1. The lowest BCUT2D eigenvalue weighted by atomic mass is 10.1. The summed E-state index contributed by atoms with van der Waals surface area (Å²) in [6.07, 6.45) is 7.27. The summed E-state index contributed by atoms with van der Waals surface area (Å²) >= 11 is 0. The lowest BCUT2D eigenvalue weighted by Crippen LogP contribution is -2.26. The minimum absolute atomic E-state index is 0.0289. The fourth-order valence-electron chi connectivity index (χ4n) is 2.87. The molecule has 0 spiro atoms. The van der Waals surface area contributed by atoms with E-state index in [0.717, 1.165) is 31.6 Å². The summed E-state index contributed by atoms with van der Waals surface area (Å²) in [7, 11) is 0. The highest BCUT2D eigenvalue weighted by molar-refractivity contribution is 5.68. The second-order valence-corrected chi connectivity index (χ2v) is 5.01. The van der Waals surface area contributed by atoms with Crippen LogP contribution in [-0.4, -0.2) is 19.5 Å². The fraction of sp³-hybridized carbons (Fsp3) is 0.615. The summed E-state index contributed by atoms with van der Waals surface area (Å²) in [5.41, 5.74) is 1.13. The van der Waals surface area contributed by atoms with Gasteiger partial charge in [0.1, 0.15) is 5.82 Å². The SMILES string of the molecule is CCCn1c(C2CCCC2)nc2nc[nH]c2c1=O. The zero-order chi connectivity index (χ0) is 12.5. The molecule has 5 nitrogen and oxygen atoms in total. The van der Waals surface area contributed by atoms with Crippen LogP contribution < -0.4 is 5.56 Å². The molecule has 5 heteroatoms. The molecule has 96 valence electrons. The summed E-state index contributed by atoms with van der Waals surface area (Å²) in [6.45, 7) is 2.83. The van der Waals surface area contributed by atoms with Crippen LogP contribution in [0.25, 0.3) is 11.2 Å². The van der Waals surface area contributed by atoms with Gasteiger partial charge in [-0.3, -0.25) is 9.36 Å². The minimum atomic E-state index is 0.0289. The summed E-state index contributed by atoms with van der Waals surface area (Å²) in [5.74, 6) is 1.38. The molecule has 2 heterocycles. The van der Waals surface area contributed by atoms with Gasteiger partial charge in [-0.25, -0.2) is 9.97 Å². The Hall–Kier alpha value is -1.65. The highest BCUT2D eigenvalue weighted by atomic mass is 16.1. The van der Waals surface area contributed by atoms with Crippen LogP contribution in [0.15, 0.2) is 11.1 Å². The number of fused-ring (bicyclic) bond motifs is 1. The van der Waals surface area contributed by atoms with Crippen LogP contribution >= 0.6 is 0 Å². The van der Waals surface area contributed by atoms with Crippen LogP contribution in [0.2, 0.25) is 0 Å². The minimum Gasteiger partial charge on any atom is -0.339 e. The largest absolute Gasteiger partial charge is 0.339 e. The van der Waals surface area contributed by atoms with Crippen molar-refractivity contribution in [2.45, 2.75) is 51.5 Å². The van der Waals surface area contributed by atoms with E-state index in [1.807, 2.05) is 4.57 Å². The van der Waals surface area contributed by atoms with E-state index in [-0.39, 0.29) is 5.56 Å². The molecule has 0 atom stereocenters.